The van der Waals surface area contributed by atoms with Gasteiger partial charge in [-0.25, -0.2) is 0 Å². The predicted molar refractivity (Wildman–Crippen MR) is 204 cm³/mol. The molecule has 300 valence electrons. The van der Waals surface area contributed by atoms with Crippen molar-refractivity contribution < 1.29 is 47.7 Å². The van der Waals surface area contributed by atoms with Gasteiger partial charge in [0.2, 0.25) is 0 Å². The Morgan fingerprint density at radius 2 is 0.804 bits per heavy atom. The van der Waals surface area contributed by atoms with E-state index < -0.39 is 0 Å². The zero-order chi connectivity index (χ0) is 36.6. The minimum absolute atomic E-state index is 0.0297. The summed E-state index contributed by atoms with van der Waals surface area (Å²) in [6.45, 7) is 13.2. The van der Waals surface area contributed by atoms with E-state index >= 15 is 0 Å². The highest BCUT2D eigenvalue weighted by Gasteiger charge is 2.10. The molecule has 1 aromatic rings. The van der Waals surface area contributed by atoms with E-state index in [9.17, 15) is 0 Å². The molecule has 0 heterocycles. The number of aliphatic hydroxyl groups is 1. The lowest BCUT2D eigenvalue weighted by Crippen LogP contribution is -2.15. The molecule has 10 nitrogen and oxygen atoms in total. The summed E-state index contributed by atoms with van der Waals surface area (Å²) in [7, 11) is 0. The average Bonchev–Trinajstić information content (AvgIpc) is 3.14. The van der Waals surface area contributed by atoms with Crippen molar-refractivity contribution in [2.24, 2.45) is 5.92 Å². The maximum absolute atomic E-state index is 8.61. The highest BCUT2D eigenvalue weighted by Crippen LogP contribution is 2.26. The van der Waals surface area contributed by atoms with Crippen LogP contribution in [-0.4, -0.2) is 124 Å². The Morgan fingerprint density at radius 3 is 1.29 bits per heavy atom. The maximum Gasteiger partial charge on any atom is 0.122 e. The van der Waals surface area contributed by atoms with E-state index in [1.165, 1.54) is 89.0 Å². The van der Waals surface area contributed by atoms with Crippen LogP contribution in [0, 0.1) is 5.92 Å². The summed E-state index contributed by atoms with van der Waals surface area (Å²) in [4.78, 5) is 0. The maximum atomic E-state index is 8.61. The zero-order valence-electron chi connectivity index (χ0n) is 32.6. The first kappa shape index (κ1) is 47.7. The molecule has 0 aliphatic heterocycles. The van der Waals surface area contributed by atoms with E-state index in [2.05, 4.69) is 38.1 Å². The number of benzene rings is 1. The van der Waals surface area contributed by atoms with E-state index in [1.807, 2.05) is 0 Å². The summed E-state index contributed by atoms with van der Waals surface area (Å²) in [5.41, 5.74) is 1.31. The summed E-state index contributed by atoms with van der Waals surface area (Å²) in [6.07, 6.45) is 18.8. The summed E-state index contributed by atoms with van der Waals surface area (Å²) in [6, 6.07) is 8.49. The molecule has 0 bridgehead atoms. The molecule has 0 saturated heterocycles. The molecule has 0 aromatic heterocycles. The minimum Gasteiger partial charge on any atom is -0.491 e. The fourth-order valence-corrected chi connectivity index (χ4v) is 5.68. The van der Waals surface area contributed by atoms with Gasteiger partial charge in [-0.05, 0) is 30.4 Å². The van der Waals surface area contributed by atoms with Crippen LogP contribution in [0.5, 0.6) is 5.75 Å². The fourth-order valence-electron chi connectivity index (χ4n) is 5.68. The summed E-state index contributed by atoms with van der Waals surface area (Å²) < 4.78 is 49.9. The van der Waals surface area contributed by atoms with E-state index in [4.69, 9.17) is 47.7 Å². The highest BCUT2D eigenvalue weighted by atomic mass is 16.6. The Labute approximate surface area is 311 Å². The molecule has 0 aliphatic rings. The Kier molecular flexibility index (Phi) is 37.3. The van der Waals surface area contributed by atoms with Gasteiger partial charge in [0.1, 0.15) is 12.4 Å². The first-order chi connectivity index (χ1) is 25.3. The van der Waals surface area contributed by atoms with Crippen LogP contribution in [0.1, 0.15) is 103 Å². The highest BCUT2D eigenvalue weighted by molar-refractivity contribution is 5.33. The molecule has 1 aromatic carbocycles. The van der Waals surface area contributed by atoms with Gasteiger partial charge in [-0.3, -0.25) is 0 Å². The third-order valence-corrected chi connectivity index (χ3v) is 8.54. The van der Waals surface area contributed by atoms with Crippen LogP contribution < -0.4 is 4.74 Å². The van der Waals surface area contributed by atoms with Gasteiger partial charge in [-0.1, -0.05) is 109 Å². The monoisotopic (exact) mass is 729 g/mol. The van der Waals surface area contributed by atoms with Gasteiger partial charge in [0.25, 0.3) is 0 Å². The fraction of sp³-hybridized carbons (Fsp3) is 0.854. The van der Waals surface area contributed by atoms with Crippen LogP contribution >= 0.6 is 0 Å². The van der Waals surface area contributed by atoms with Crippen LogP contribution in [0.2, 0.25) is 0 Å². The van der Waals surface area contributed by atoms with Crippen molar-refractivity contribution in [3.63, 3.8) is 0 Å². The Hall–Kier alpha value is -1.34. The van der Waals surface area contributed by atoms with Gasteiger partial charge < -0.3 is 47.7 Å². The van der Waals surface area contributed by atoms with Crippen molar-refractivity contribution >= 4 is 0 Å². The SMILES string of the molecule is CCCCCCCCC(CCCCC)CCCc1ccccc1OCCOCCOCCOCCOCCOCCOCCOCCOCCO. The molecule has 51 heavy (non-hydrogen) atoms. The lowest BCUT2D eigenvalue weighted by Gasteiger charge is -2.18. The number of ether oxygens (including phenoxy) is 9. The number of unbranched alkanes of at least 4 members (excludes halogenated alkanes) is 7. The van der Waals surface area contributed by atoms with Gasteiger partial charge >= 0.3 is 0 Å². The topological polar surface area (TPSA) is 103 Å². The van der Waals surface area contributed by atoms with Crippen LogP contribution in [0.3, 0.4) is 0 Å². The van der Waals surface area contributed by atoms with Gasteiger partial charge in [0, 0.05) is 0 Å². The molecule has 0 radical (unpaired) electrons. The van der Waals surface area contributed by atoms with Crippen molar-refractivity contribution in [2.75, 3.05) is 119 Å². The molecule has 1 atom stereocenters. The largest absolute Gasteiger partial charge is 0.491 e. The second kappa shape index (κ2) is 39.9. The molecule has 0 aliphatic carbocycles. The van der Waals surface area contributed by atoms with Crippen LogP contribution in [0.4, 0.5) is 0 Å². The van der Waals surface area contributed by atoms with Crippen LogP contribution in [0.15, 0.2) is 24.3 Å². The lowest BCUT2D eigenvalue weighted by atomic mass is 9.89. The van der Waals surface area contributed by atoms with Crippen LogP contribution in [-0.2, 0) is 44.3 Å². The number of aryl methyl sites for hydroxylation is 1. The number of rotatable bonds is 42. The number of para-hydroxylation sites is 1. The first-order valence-corrected chi connectivity index (χ1v) is 20.2. The number of aliphatic hydroxyl groups excluding tert-OH is 1. The zero-order valence-corrected chi connectivity index (χ0v) is 32.6. The van der Waals surface area contributed by atoms with Gasteiger partial charge in [0.05, 0.1) is 112 Å². The second-order valence-electron chi connectivity index (χ2n) is 12.9. The molecule has 0 amide bonds. The second-order valence-corrected chi connectivity index (χ2v) is 12.9. The Morgan fingerprint density at radius 1 is 0.431 bits per heavy atom. The van der Waals surface area contributed by atoms with Crippen molar-refractivity contribution in [3.8, 4) is 5.75 Å². The third kappa shape index (κ3) is 33.0. The molecule has 0 fully saturated rings. The summed E-state index contributed by atoms with van der Waals surface area (Å²) >= 11 is 0. The average molecular weight is 729 g/mol. The minimum atomic E-state index is 0.0297. The first-order valence-electron chi connectivity index (χ1n) is 20.2. The molecule has 0 saturated carbocycles. The Bertz CT molecular complexity index is 814. The van der Waals surface area contributed by atoms with Crippen molar-refractivity contribution in [1.29, 1.82) is 0 Å². The van der Waals surface area contributed by atoms with Gasteiger partial charge in [-0.2, -0.15) is 0 Å². The van der Waals surface area contributed by atoms with E-state index in [0.717, 1.165) is 18.1 Å². The predicted octanol–water partition coefficient (Wildman–Crippen LogP) is 7.46. The van der Waals surface area contributed by atoms with Gasteiger partial charge in [0.15, 0.2) is 0 Å². The van der Waals surface area contributed by atoms with E-state index in [1.54, 1.807) is 0 Å². The van der Waals surface area contributed by atoms with E-state index in [0.29, 0.717) is 112 Å². The molecule has 1 rings (SSSR count). The normalized spacial score (nSPS) is 12.1. The van der Waals surface area contributed by atoms with Gasteiger partial charge in [-0.15, -0.1) is 0 Å². The number of hydrogen-bond acceptors (Lipinski definition) is 10. The molecule has 1 unspecified atom stereocenters. The Balaban J connectivity index is 1.95. The molecule has 10 heteroatoms. The third-order valence-electron chi connectivity index (χ3n) is 8.54. The molecular weight excluding hydrogens is 652 g/mol. The summed E-state index contributed by atoms with van der Waals surface area (Å²) in [5.74, 6) is 1.86. The quantitative estimate of drug-likeness (QED) is 0.0683. The molecular formula is C41H76O10. The summed E-state index contributed by atoms with van der Waals surface area (Å²) in [5, 5.41) is 8.61. The molecule has 1 N–H and O–H groups in total. The standard InChI is InChI=1S/C41H76O10/c1-3-5-7-8-9-11-16-39(15-10-6-4-2)17-14-19-40-18-12-13-20-41(40)51-38-37-50-36-35-49-34-33-48-32-31-47-30-29-46-28-27-45-26-25-44-24-23-43-22-21-42/h12-13,18,20,39,42H,3-11,14-17,19,21-38H2,1-2H3. The lowest BCUT2D eigenvalue weighted by molar-refractivity contribution is -0.0242. The van der Waals surface area contributed by atoms with Crippen molar-refractivity contribution in [2.45, 2.75) is 104 Å². The van der Waals surface area contributed by atoms with E-state index in [-0.39, 0.29) is 6.61 Å². The number of hydrogen-bond donors (Lipinski definition) is 1. The van der Waals surface area contributed by atoms with Crippen molar-refractivity contribution in [3.05, 3.63) is 29.8 Å². The van der Waals surface area contributed by atoms with Crippen molar-refractivity contribution in [1.82, 2.24) is 0 Å². The van der Waals surface area contributed by atoms with Crippen LogP contribution in [0.25, 0.3) is 0 Å². The smallest absolute Gasteiger partial charge is 0.122 e. The molecule has 0 spiro atoms.